The molecule has 1 aromatic carbocycles. The molecule has 0 radical (unpaired) electrons. The summed E-state index contributed by atoms with van der Waals surface area (Å²) in [5, 5.41) is 7.01. The molecule has 0 aromatic heterocycles. The number of nitrogens with one attached hydrogen (secondary N) is 2. The highest BCUT2D eigenvalue weighted by Gasteiger charge is 2.11. The van der Waals surface area contributed by atoms with E-state index in [-0.39, 0.29) is 0 Å². The number of benzene rings is 1. The van der Waals surface area contributed by atoms with Crippen LogP contribution in [0.15, 0.2) is 24.3 Å². The summed E-state index contributed by atoms with van der Waals surface area (Å²) in [5.74, 6) is 0. The molecule has 0 bridgehead atoms. The molecule has 2 N–H and O–H groups in total. The predicted molar refractivity (Wildman–Crippen MR) is 65.3 cm³/mol. The second-order valence-electron chi connectivity index (χ2n) is 4.24. The SMILES string of the molecule is CCc1cccc(NC2CCCNC2)c1. The predicted octanol–water partition coefficient (Wildman–Crippen LogP) is 2.41. The fourth-order valence-corrected chi connectivity index (χ4v) is 2.09. The lowest BCUT2D eigenvalue weighted by Crippen LogP contribution is -2.38. The minimum atomic E-state index is 0.603. The molecule has 15 heavy (non-hydrogen) atoms. The molecule has 1 aromatic rings. The van der Waals surface area contributed by atoms with E-state index >= 15 is 0 Å². The van der Waals surface area contributed by atoms with Crippen LogP contribution in [-0.2, 0) is 6.42 Å². The maximum absolute atomic E-state index is 3.59. The monoisotopic (exact) mass is 204 g/mol. The van der Waals surface area contributed by atoms with Gasteiger partial charge >= 0.3 is 0 Å². The first kappa shape index (κ1) is 10.5. The maximum atomic E-state index is 3.59. The van der Waals surface area contributed by atoms with Crippen LogP contribution in [-0.4, -0.2) is 19.1 Å². The van der Waals surface area contributed by atoms with Crippen LogP contribution in [0.3, 0.4) is 0 Å². The Morgan fingerprint density at radius 2 is 2.40 bits per heavy atom. The van der Waals surface area contributed by atoms with Crippen molar-refractivity contribution in [2.45, 2.75) is 32.2 Å². The Morgan fingerprint density at radius 3 is 3.13 bits per heavy atom. The minimum absolute atomic E-state index is 0.603. The van der Waals surface area contributed by atoms with E-state index in [1.807, 2.05) is 0 Å². The van der Waals surface area contributed by atoms with E-state index < -0.39 is 0 Å². The summed E-state index contributed by atoms with van der Waals surface area (Å²) in [7, 11) is 0. The molecular formula is C13H20N2. The van der Waals surface area contributed by atoms with E-state index in [9.17, 15) is 0 Å². The van der Waals surface area contributed by atoms with Crippen LogP contribution < -0.4 is 10.6 Å². The van der Waals surface area contributed by atoms with E-state index in [4.69, 9.17) is 0 Å². The molecule has 1 aliphatic rings. The number of hydrogen-bond donors (Lipinski definition) is 2. The molecule has 1 aliphatic heterocycles. The third kappa shape index (κ3) is 2.96. The molecule has 1 saturated heterocycles. The lowest BCUT2D eigenvalue weighted by Gasteiger charge is -2.25. The molecule has 2 nitrogen and oxygen atoms in total. The van der Waals surface area contributed by atoms with Crippen LogP contribution in [0.5, 0.6) is 0 Å². The summed E-state index contributed by atoms with van der Waals surface area (Å²) in [4.78, 5) is 0. The van der Waals surface area contributed by atoms with Crippen LogP contribution in [0.1, 0.15) is 25.3 Å². The summed E-state index contributed by atoms with van der Waals surface area (Å²) < 4.78 is 0. The lowest BCUT2D eigenvalue weighted by molar-refractivity contribution is 0.480. The van der Waals surface area contributed by atoms with Gasteiger partial charge in [0.1, 0.15) is 0 Å². The minimum Gasteiger partial charge on any atom is -0.381 e. The molecule has 0 aliphatic carbocycles. The van der Waals surface area contributed by atoms with Gasteiger partial charge < -0.3 is 10.6 Å². The van der Waals surface area contributed by atoms with Gasteiger partial charge in [0.05, 0.1) is 0 Å². The Labute approximate surface area is 92.1 Å². The van der Waals surface area contributed by atoms with Gasteiger partial charge in [-0.05, 0) is 43.5 Å². The molecule has 0 saturated carbocycles. The molecule has 1 atom stereocenters. The van der Waals surface area contributed by atoms with E-state index in [0.29, 0.717) is 6.04 Å². The first-order valence-corrected chi connectivity index (χ1v) is 5.94. The Morgan fingerprint density at radius 1 is 1.47 bits per heavy atom. The van der Waals surface area contributed by atoms with Crippen LogP contribution in [0.2, 0.25) is 0 Å². The molecule has 82 valence electrons. The first-order valence-electron chi connectivity index (χ1n) is 5.94. The van der Waals surface area contributed by atoms with Gasteiger partial charge in [0.2, 0.25) is 0 Å². The van der Waals surface area contributed by atoms with Gasteiger partial charge in [-0.25, -0.2) is 0 Å². The van der Waals surface area contributed by atoms with Crippen molar-refractivity contribution in [1.82, 2.24) is 5.32 Å². The zero-order valence-corrected chi connectivity index (χ0v) is 9.42. The Bertz CT molecular complexity index is 303. The van der Waals surface area contributed by atoms with Crippen molar-refractivity contribution in [3.63, 3.8) is 0 Å². The quantitative estimate of drug-likeness (QED) is 0.790. The molecule has 2 heteroatoms. The molecule has 1 fully saturated rings. The first-order chi connectivity index (χ1) is 7.38. The number of hydrogen-bond acceptors (Lipinski definition) is 2. The topological polar surface area (TPSA) is 24.1 Å². The van der Waals surface area contributed by atoms with Gasteiger partial charge in [-0.3, -0.25) is 0 Å². The smallest absolute Gasteiger partial charge is 0.0386 e. The highest BCUT2D eigenvalue weighted by molar-refractivity contribution is 5.46. The van der Waals surface area contributed by atoms with Gasteiger partial charge in [0.15, 0.2) is 0 Å². The van der Waals surface area contributed by atoms with Crippen LogP contribution in [0.25, 0.3) is 0 Å². The van der Waals surface area contributed by atoms with E-state index in [1.54, 1.807) is 0 Å². The summed E-state index contributed by atoms with van der Waals surface area (Å²) in [6.45, 7) is 4.46. The molecule has 2 rings (SSSR count). The van der Waals surface area contributed by atoms with E-state index in [1.165, 1.54) is 30.6 Å². The van der Waals surface area contributed by atoms with Gasteiger partial charge in [-0.1, -0.05) is 19.1 Å². The van der Waals surface area contributed by atoms with Crippen molar-refractivity contribution < 1.29 is 0 Å². The van der Waals surface area contributed by atoms with Crippen LogP contribution in [0.4, 0.5) is 5.69 Å². The Hall–Kier alpha value is -1.02. The van der Waals surface area contributed by atoms with Crippen molar-refractivity contribution in [2.75, 3.05) is 18.4 Å². The fourth-order valence-electron chi connectivity index (χ4n) is 2.09. The van der Waals surface area contributed by atoms with Gasteiger partial charge in [-0.15, -0.1) is 0 Å². The molecule has 1 heterocycles. The second-order valence-corrected chi connectivity index (χ2v) is 4.24. The maximum Gasteiger partial charge on any atom is 0.0386 e. The average molecular weight is 204 g/mol. The zero-order chi connectivity index (χ0) is 10.5. The molecule has 0 amide bonds. The number of aryl methyl sites for hydroxylation is 1. The Kier molecular flexibility index (Phi) is 3.62. The number of anilines is 1. The highest BCUT2D eigenvalue weighted by Crippen LogP contribution is 2.14. The third-order valence-corrected chi connectivity index (χ3v) is 3.00. The van der Waals surface area contributed by atoms with Crippen molar-refractivity contribution in [1.29, 1.82) is 0 Å². The van der Waals surface area contributed by atoms with Crippen LogP contribution in [0, 0.1) is 0 Å². The summed E-state index contributed by atoms with van der Waals surface area (Å²) >= 11 is 0. The van der Waals surface area contributed by atoms with Crippen molar-refractivity contribution in [2.24, 2.45) is 0 Å². The van der Waals surface area contributed by atoms with Crippen molar-refractivity contribution in [3.8, 4) is 0 Å². The normalized spacial score (nSPS) is 21.3. The van der Waals surface area contributed by atoms with Gasteiger partial charge in [0, 0.05) is 18.3 Å². The summed E-state index contributed by atoms with van der Waals surface area (Å²) in [6, 6.07) is 9.34. The van der Waals surface area contributed by atoms with Gasteiger partial charge in [0.25, 0.3) is 0 Å². The summed E-state index contributed by atoms with van der Waals surface area (Å²) in [5.41, 5.74) is 2.67. The zero-order valence-electron chi connectivity index (χ0n) is 9.42. The fraction of sp³-hybridized carbons (Fsp3) is 0.538. The van der Waals surface area contributed by atoms with E-state index in [2.05, 4.69) is 41.8 Å². The average Bonchev–Trinajstić information content (AvgIpc) is 2.31. The number of rotatable bonds is 3. The van der Waals surface area contributed by atoms with Crippen molar-refractivity contribution in [3.05, 3.63) is 29.8 Å². The molecule has 0 spiro atoms. The lowest BCUT2D eigenvalue weighted by atomic mass is 10.1. The second kappa shape index (κ2) is 5.17. The Balaban J connectivity index is 1.96. The van der Waals surface area contributed by atoms with Gasteiger partial charge in [-0.2, -0.15) is 0 Å². The van der Waals surface area contributed by atoms with Crippen LogP contribution >= 0.6 is 0 Å². The number of piperidine rings is 1. The molecular weight excluding hydrogens is 184 g/mol. The molecule has 1 unspecified atom stereocenters. The van der Waals surface area contributed by atoms with E-state index in [0.717, 1.165) is 13.0 Å². The largest absolute Gasteiger partial charge is 0.381 e. The summed E-state index contributed by atoms with van der Waals surface area (Å²) in [6.07, 6.45) is 3.67. The van der Waals surface area contributed by atoms with Crippen molar-refractivity contribution >= 4 is 5.69 Å². The standard InChI is InChI=1S/C13H20N2/c1-2-11-5-3-6-12(9-11)15-13-7-4-8-14-10-13/h3,5-6,9,13-15H,2,4,7-8,10H2,1H3. The third-order valence-electron chi connectivity index (χ3n) is 3.00. The highest BCUT2D eigenvalue weighted by atomic mass is 15.0.